The van der Waals surface area contributed by atoms with Gasteiger partial charge in [0.15, 0.2) is 5.76 Å². The first-order chi connectivity index (χ1) is 7.17. The lowest BCUT2D eigenvalue weighted by Crippen LogP contribution is -2.43. The van der Waals surface area contributed by atoms with Crippen molar-refractivity contribution in [3.8, 4) is 0 Å². The first kappa shape index (κ1) is 11.7. The minimum atomic E-state index is -0.268. The molecule has 1 amide bonds. The number of rotatable bonds is 5. The van der Waals surface area contributed by atoms with Crippen LogP contribution in [-0.2, 0) is 4.74 Å². The Hall–Kier alpha value is -1.33. The standard InChI is InChI=1S/C10H16N2O3/c1-7-3-4-9(15-7)10(13)12-8(5-11)6-14-2/h3-4,8H,5-6,11H2,1-2H3,(H,12,13). The minimum absolute atomic E-state index is 0.187. The van der Waals surface area contributed by atoms with Crippen molar-refractivity contribution in [1.82, 2.24) is 5.32 Å². The summed E-state index contributed by atoms with van der Waals surface area (Å²) >= 11 is 0. The van der Waals surface area contributed by atoms with Gasteiger partial charge in [-0.05, 0) is 19.1 Å². The van der Waals surface area contributed by atoms with Crippen LogP contribution >= 0.6 is 0 Å². The fourth-order valence-corrected chi connectivity index (χ4v) is 1.18. The lowest BCUT2D eigenvalue weighted by atomic mass is 10.3. The number of amides is 1. The molecule has 0 saturated carbocycles. The molecule has 0 radical (unpaired) electrons. The number of nitrogens with two attached hydrogens (primary N) is 1. The van der Waals surface area contributed by atoms with Crippen LogP contribution in [0.25, 0.3) is 0 Å². The Morgan fingerprint density at radius 3 is 2.87 bits per heavy atom. The molecule has 5 heteroatoms. The maximum absolute atomic E-state index is 11.6. The molecule has 0 bridgehead atoms. The summed E-state index contributed by atoms with van der Waals surface area (Å²) in [6.07, 6.45) is 0. The molecule has 1 rings (SSSR count). The molecule has 0 aromatic carbocycles. The van der Waals surface area contributed by atoms with Crippen molar-refractivity contribution in [3.63, 3.8) is 0 Å². The minimum Gasteiger partial charge on any atom is -0.456 e. The molecule has 1 unspecified atom stereocenters. The molecular weight excluding hydrogens is 196 g/mol. The van der Waals surface area contributed by atoms with Crippen LogP contribution in [0.4, 0.5) is 0 Å². The van der Waals surface area contributed by atoms with Gasteiger partial charge >= 0.3 is 0 Å². The maximum Gasteiger partial charge on any atom is 0.287 e. The van der Waals surface area contributed by atoms with Crippen LogP contribution in [0, 0.1) is 6.92 Å². The van der Waals surface area contributed by atoms with Crippen LogP contribution in [-0.4, -0.2) is 32.2 Å². The second-order valence-electron chi connectivity index (χ2n) is 3.27. The zero-order valence-corrected chi connectivity index (χ0v) is 8.95. The van der Waals surface area contributed by atoms with E-state index in [0.29, 0.717) is 24.7 Å². The summed E-state index contributed by atoms with van der Waals surface area (Å²) in [6, 6.07) is 3.18. The normalized spacial score (nSPS) is 12.5. The molecule has 1 aromatic rings. The van der Waals surface area contributed by atoms with Gasteiger partial charge in [0.25, 0.3) is 5.91 Å². The number of hydrogen-bond acceptors (Lipinski definition) is 4. The van der Waals surface area contributed by atoms with E-state index >= 15 is 0 Å². The number of aryl methyl sites for hydroxylation is 1. The van der Waals surface area contributed by atoms with Crippen LogP contribution < -0.4 is 11.1 Å². The van der Waals surface area contributed by atoms with E-state index < -0.39 is 0 Å². The highest BCUT2D eigenvalue weighted by Gasteiger charge is 2.14. The Morgan fingerprint density at radius 1 is 1.67 bits per heavy atom. The highest BCUT2D eigenvalue weighted by molar-refractivity contribution is 5.91. The van der Waals surface area contributed by atoms with Gasteiger partial charge in [0, 0.05) is 13.7 Å². The molecule has 0 spiro atoms. The van der Waals surface area contributed by atoms with E-state index in [1.165, 1.54) is 0 Å². The molecule has 15 heavy (non-hydrogen) atoms. The fraction of sp³-hybridized carbons (Fsp3) is 0.500. The van der Waals surface area contributed by atoms with Crippen molar-refractivity contribution in [2.45, 2.75) is 13.0 Å². The summed E-state index contributed by atoms with van der Waals surface area (Å²) in [7, 11) is 1.56. The van der Waals surface area contributed by atoms with Gasteiger partial charge in [-0.25, -0.2) is 0 Å². The number of furan rings is 1. The van der Waals surface area contributed by atoms with Gasteiger partial charge in [-0.15, -0.1) is 0 Å². The maximum atomic E-state index is 11.6. The van der Waals surface area contributed by atoms with E-state index in [9.17, 15) is 4.79 Å². The second kappa shape index (κ2) is 5.53. The molecule has 1 aromatic heterocycles. The summed E-state index contributed by atoms with van der Waals surface area (Å²) in [5.41, 5.74) is 5.47. The molecule has 1 atom stereocenters. The fourth-order valence-electron chi connectivity index (χ4n) is 1.18. The van der Waals surface area contributed by atoms with Crippen LogP contribution in [0.5, 0.6) is 0 Å². The quantitative estimate of drug-likeness (QED) is 0.735. The molecule has 0 saturated heterocycles. The Morgan fingerprint density at radius 2 is 2.40 bits per heavy atom. The number of carbonyl (C=O) groups is 1. The Labute approximate surface area is 88.6 Å². The van der Waals surface area contributed by atoms with E-state index in [4.69, 9.17) is 14.9 Å². The van der Waals surface area contributed by atoms with E-state index in [1.54, 1.807) is 26.2 Å². The summed E-state index contributed by atoms with van der Waals surface area (Å²) in [5.74, 6) is 0.730. The Bertz CT molecular complexity index is 322. The number of hydrogen-bond donors (Lipinski definition) is 2. The first-order valence-electron chi connectivity index (χ1n) is 4.73. The lowest BCUT2D eigenvalue weighted by molar-refractivity contribution is 0.0872. The van der Waals surface area contributed by atoms with Gasteiger partial charge in [-0.3, -0.25) is 4.79 Å². The number of nitrogens with one attached hydrogen (secondary N) is 1. The van der Waals surface area contributed by atoms with Crippen LogP contribution in [0.2, 0.25) is 0 Å². The molecule has 84 valence electrons. The third-order valence-electron chi connectivity index (χ3n) is 1.95. The molecule has 3 N–H and O–H groups in total. The van der Waals surface area contributed by atoms with Crippen LogP contribution in [0.3, 0.4) is 0 Å². The van der Waals surface area contributed by atoms with Crippen LogP contribution in [0.15, 0.2) is 16.5 Å². The largest absolute Gasteiger partial charge is 0.456 e. The van der Waals surface area contributed by atoms with Crippen molar-refractivity contribution in [1.29, 1.82) is 0 Å². The predicted molar refractivity (Wildman–Crippen MR) is 55.6 cm³/mol. The summed E-state index contributed by atoms with van der Waals surface area (Å²) in [4.78, 5) is 11.6. The highest BCUT2D eigenvalue weighted by Crippen LogP contribution is 2.05. The van der Waals surface area contributed by atoms with Crippen molar-refractivity contribution >= 4 is 5.91 Å². The van der Waals surface area contributed by atoms with E-state index in [0.717, 1.165) is 0 Å². The van der Waals surface area contributed by atoms with E-state index in [2.05, 4.69) is 5.32 Å². The van der Waals surface area contributed by atoms with Crippen molar-refractivity contribution in [2.24, 2.45) is 5.73 Å². The van der Waals surface area contributed by atoms with Gasteiger partial charge in [-0.1, -0.05) is 0 Å². The van der Waals surface area contributed by atoms with Gasteiger partial charge in [0.05, 0.1) is 12.6 Å². The van der Waals surface area contributed by atoms with E-state index in [-0.39, 0.29) is 11.9 Å². The zero-order valence-electron chi connectivity index (χ0n) is 8.95. The molecular formula is C10H16N2O3. The number of methoxy groups -OCH3 is 1. The summed E-state index contributed by atoms with van der Waals surface area (Å²) < 4.78 is 10.1. The number of ether oxygens (including phenoxy) is 1. The molecule has 0 aliphatic heterocycles. The second-order valence-corrected chi connectivity index (χ2v) is 3.27. The van der Waals surface area contributed by atoms with Crippen molar-refractivity contribution in [3.05, 3.63) is 23.7 Å². The van der Waals surface area contributed by atoms with Gasteiger partial charge in [0.1, 0.15) is 5.76 Å². The smallest absolute Gasteiger partial charge is 0.287 e. The lowest BCUT2D eigenvalue weighted by Gasteiger charge is -2.14. The van der Waals surface area contributed by atoms with Gasteiger partial charge in [0.2, 0.25) is 0 Å². The first-order valence-corrected chi connectivity index (χ1v) is 4.73. The van der Waals surface area contributed by atoms with Gasteiger partial charge < -0.3 is 20.2 Å². The molecule has 0 aliphatic carbocycles. The highest BCUT2D eigenvalue weighted by atomic mass is 16.5. The number of carbonyl (C=O) groups excluding carboxylic acids is 1. The third kappa shape index (κ3) is 3.38. The van der Waals surface area contributed by atoms with Crippen LogP contribution in [0.1, 0.15) is 16.3 Å². The van der Waals surface area contributed by atoms with Crippen molar-refractivity contribution in [2.75, 3.05) is 20.3 Å². The monoisotopic (exact) mass is 212 g/mol. The SMILES string of the molecule is COCC(CN)NC(=O)c1ccc(C)o1. The predicted octanol–water partition coefficient (Wildman–Crippen LogP) is 0.292. The zero-order chi connectivity index (χ0) is 11.3. The van der Waals surface area contributed by atoms with Gasteiger partial charge in [-0.2, -0.15) is 0 Å². The molecule has 1 heterocycles. The average molecular weight is 212 g/mol. The topological polar surface area (TPSA) is 77.5 Å². The Balaban J connectivity index is 2.54. The molecule has 0 fully saturated rings. The van der Waals surface area contributed by atoms with E-state index in [1.807, 2.05) is 0 Å². The third-order valence-corrected chi connectivity index (χ3v) is 1.95. The Kier molecular flexibility index (Phi) is 4.33. The molecule has 5 nitrogen and oxygen atoms in total. The average Bonchev–Trinajstić information content (AvgIpc) is 2.64. The summed E-state index contributed by atoms with van der Waals surface area (Å²) in [6.45, 7) is 2.51. The van der Waals surface area contributed by atoms with Crippen molar-refractivity contribution < 1.29 is 13.9 Å². The molecule has 0 aliphatic rings. The summed E-state index contributed by atoms with van der Waals surface area (Å²) in [5, 5.41) is 2.71.